The van der Waals surface area contributed by atoms with E-state index in [1.165, 1.54) is 17.6 Å². The molecule has 0 aliphatic heterocycles. The maximum absolute atomic E-state index is 5.48. The van der Waals surface area contributed by atoms with E-state index in [0.717, 1.165) is 15.4 Å². The molecule has 0 unspecified atom stereocenters. The Bertz CT molecular complexity index is 419. The summed E-state index contributed by atoms with van der Waals surface area (Å²) in [6.45, 7) is 0. The smallest absolute Gasteiger partial charge is 0.124 e. The zero-order chi connectivity index (χ0) is 9.26. The van der Waals surface area contributed by atoms with Crippen LogP contribution in [0.2, 0.25) is 0 Å². The van der Waals surface area contributed by atoms with Gasteiger partial charge in [-0.3, -0.25) is 0 Å². The van der Waals surface area contributed by atoms with Crippen LogP contribution in [0.3, 0.4) is 0 Å². The fourth-order valence-electron chi connectivity index (χ4n) is 0.948. The summed E-state index contributed by atoms with van der Waals surface area (Å²) in [4.78, 5) is 2.32. The van der Waals surface area contributed by atoms with Crippen LogP contribution in [0.25, 0.3) is 10.6 Å². The predicted molar refractivity (Wildman–Crippen MR) is 55.7 cm³/mol. The highest BCUT2D eigenvalue weighted by Crippen LogP contribution is 2.26. The van der Waals surface area contributed by atoms with Crippen molar-refractivity contribution in [2.45, 2.75) is 0 Å². The van der Waals surface area contributed by atoms with Crippen molar-refractivity contribution in [3.8, 4) is 10.6 Å². The minimum atomic E-state index is 0.416. The van der Waals surface area contributed by atoms with Crippen LogP contribution in [0.4, 0.5) is 0 Å². The number of hydrogen-bond donors (Lipinski definition) is 1. The molecule has 66 valence electrons. The standard InChI is InChI=1S/C8H6N2OS2/c9-8(12)7-2-1-6(13-7)5-3-4-11-10-5/h1-4H,(H2,9,12). The Morgan fingerprint density at radius 1 is 1.46 bits per heavy atom. The number of thiophene rings is 1. The highest BCUT2D eigenvalue weighted by Gasteiger charge is 2.06. The van der Waals surface area contributed by atoms with Gasteiger partial charge in [0, 0.05) is 6.07 Å². The van der Waals surface area contributed by atoms with Crippen molar-refractivity contribution in [2.75, 3.05) is 0 Å². The van der Waals surface area contributed by atoms with E-state index in [9.17, 15) is 0 Å². The second-order valence-electron chi connectivity index (χ2n) is 2.41. The van der Waals surface area contributed by atoms with Gasteiger partial charge in [-0.25, -0.2) is 0 Å². The van der Waals surface area contributed by atoms with Gasteiger partial charge in [-0.2, -0.15) is 0 Å². The van der Waals surface area contributed by atoms with Gasteiger partial charge in [0.05, 0.1) is 9.75 Å². The lowest BCUT2D eigenvalue weighted by molar-refractivity contribution is 0.422. The first kappa shape index (κ1) is 8.40. The van der Waals surface area contributed by atoms with Crippen molar-refractivity contribution >= 4 is 28.5 Å². The number of aromatic nitrogens is 1. The monoisotopic (exact) mass is 210 g/mol. The van der Waals surface area contributed by atoms with Crippen LogP contribution in [0, 0.1) is 0 Å². The van der Waals surface area contributed by atoms with Crippen LogP contribution in [0.15, 0.2) is 29.0 Å². The Morgan fingerprint density at radius 2 is 2.31 bits per heavy atom. The third-order valence-corrected chi connectivity index (χ3v) is 3.03. The first-order valence-electron chi connectivity index (χ1n) is 3.58. The van der Waals surface area contributed by atoms with Gasteiger partial charge in [0.25, 0.3) is 0 Å². The van der Waals surface area contributed by atoms with Gasteiger partial charge in [-0.1, -0.05) is 17.4 Å². The topological polar surface area (TPSA) is 52.0 Å². The zero-order valence-electron chi connectivity index (χ0n) is 6.56. The summed E-state index contributed by atoms with van der Waals surface area (Å²) in [7, 11) is 0. The van der Waals surface area contributed by atoms with Gasteiger partial charge >= 0.3 is 0 Å². The van der Waals surface area contributed by atoms with Crippen molar-refractivity contribution in [2.24, 2.45) is 5.73 Å². The number of thiocarbonyl (C=S) groups is 1. The molecule has 5 heteroatoms. The van der Waals surface area contributed by atoms with Crippen molar-refractivity contribution in [3.05, 3.63) is 29.3 Å². The fraction of sp³-hybridized carbons (Fsp3) is 0. The largest absolute Gasteiger partial charge is 0.389 e. The summed E-state index contributed by atoms with van der Waals surface area (Å²) >= 11 is 6.36. The molecule has 2 N–H and O–H groups in total. The fourth-order valence-corrected chi connectivity index (χ4v) is 1.96. The molecule has 0 aliphatic carbocycles. The highest BCUT2D eigenvalue weighted by atomic mass is 32.1. The average Bonchev–Trinajstić information content (AvgIpc) is 2.75. The first-order valence-corrected chi connectivity index (χ1v) is 4.80. The molecule has 3 nitrogen and oxygen atoms in total. The highest BCUT2D eigenvalue weighted by molar-refractivity contribution is 7.81. The van der Waals surface area contributed by atoms with Crippen LogP contribution in [0.5, 0.6) is 0 Å². The molecule has 0 amide bonds. The normalized spacial score (nSPS) is 10.2. The van der Waals surface area contributed by atoms with Crippen LogP contribution in [-0.2, 0) is 0 Å². The molecule has 0 saturated heterocycles. The lowest BCUT2D eigenvalue weighted by atomic mass is 10.3. The van der Waals surface area contributed by atoms with E-state index in [-0.39, 0.29) is 0 Å². The summed E-state index contributed by atoms with van der Waals surface area (Å²) in [6.07, 6.45) is 1.54. The molecule has 2 heterocycles. The van der Waals surface area contributed by atoms with E-state index in [0.29, 0.717) is 4.99 Å². The summed E-state index contributed by atoms with van der Waals surface area (Å²) in [5.41, 5.74) is 6.29. The van der Waals surface area contributed by atoms with Crippen molar-refractivity contribution in [1.82, 2.24) is 5.16 Å². The first-order chi connectivity index (χ1) is 6.27. The summed E-state index contributed by atoms with van der Waals surface area (Å²) in [5, 5.41) is 3.81. The maximum Gasteiger partial charge on any atom is 0.124 e. The number of hydrogen-bond acceptors (Lipinski definition) is 4. The van der Waals surface area contributed by atoms with E-state index in [1.54, 1.807) is 6.07 Å². The Morgan fingerprint density at radius 3 is 2.85 bits per heavy atom. The van der Waals surface area contributed by atoms with Crippen LogP contribution >= 0.6 is 23.6 Å². The molecule has 0 fully saturated rings. The maximum atomic E-state index is 5.48. The Balaban J connectivity index is 2.39. The van der Waals surface area contributed by atoms with E-state index in [4.69, 9.17) is 22.5 Å². The SMILES string of the molecule is NC(=S)c1ccc(-c2ccon2)s1. The van der Waals surface area contributed by atoms with Crippen molar-refractivity contribution in [3.63, 3.8) is 0 Å². The average molecular weight is 210 g/mol. The summed E-state index contributed by atoms with van der Waals surface area (Å²) in [5.74, 6) is 0. The van der Waals surface area contributed by atoms with Crippen LogP contribution in [-0.4, -0.2) is 10.1 Å². The van der Waals surface area contributed by atoms with Gasteiger partial charge in [-0.05, 0) is 12.1 Å². The molecular formula is C8H6N2OS2. The molecule has 2 aromatic heterocycles. The molecule has 0 saturated carbocycles. The predicted octanol–water partition coefficient (Wildman–Crippen LogP) is 2.04. The Kier molecular flexibility index (Phi) is 2.12. The molecule has 0 aliphatic rings. The minimum absolute atomic E-state index is 0.416. The number of nitrogens with zero attached hydrogens (tertiary/aromatic N) is 1. The quantitative estimate of drug-likeness (QED) is 0.771. The molecule has 2 aromatic rings. The lowest BCUT2D eigenvalue weighted by Gasteiger charge is -1.88. The molecule has 13 heavy (non-hydrogen) atoms. The summed E-state index contributed by atoms with van der Waals surface area (Å²) < 4.78 is 4.73. The molecule has 0 radical (unpaired) electrons. The van der Waals surface area contributed by atoms with Gasteiger partial charge in [0.15, 0.2) is 0 Å². The van der Waals surface area contributed by atoms with E-state index >= 15 is 0 Å². The second-order valence-corrected chi connectivity index (χ2v) is 3.94. The zero-order valence-corrected chi connectivity index (χ0v) is 8.19. The second kappa shape index (κ2) is 3.27. The Hall–Kier alpha value is -1.20. The van der Waals surface area contributed by atoms with E-state index in [2.05, 4.69) is 5.16 Å². The molecular weight excluding hydrogens is 204 g/mol. The third kappa shape index (κ3) is 1.61. The molecule has 0 aromatic carbocycles. The number of rotatable bonds is 2. The summed E-state index contributed by atoms with van der Waals surface area (Å²) in [6, 6.07) is 5.61. The third-order valence-electron chi connectivity index (χ3n) is 1.54. The van der Waals surface area contributed by atoms with Gasteiger partial charge in [0.2, 0.25) is 0 Å². The number of nitrogens with two attached hydrogens (primary N) is 1. The van der Waals surface area contributed by atoms with Gasteiger partial charge < -0.3 is 10.3 Å². The molecule has 0 atom stereocenters. The van der Waals surface area contributed by atoms with Crippen LogP contribution < -0.4 is 5.73 Å². The Labute approximate surface area is 84.2 Å². The molecule has 2 rings (SSSR count). The lowest BCUT2D eigenvalue weighted by Crippen LogP contribution is -2.06. The van der Waals surface area contributed by atoms with Crippen LogP contribution in [0.1, 0.15) is 4.88 Å². The van der Waals surface area contributed by atoms with Crippen molar-refractivity contribution in [1.29, 1.82) is 0 Å². The minimum Gasteiger partial charge on any atom is -0.389 e. The molecule has 0 bridgehead atoms. The van der Waals surface area contributed by atoms with Gasteiger partial charge in [0.1, 0.15) is 16.9 Å². The molecule has 0 spiro atoms. The van der Waals surface area contributed by atoms with Gasteiger partial charge in [-0.15, -0.1) is 11.3 Å². The van der Waals surface area contributed by atoms with Crippen molar-refractivity contribution < 1.29 is 4.52 Å². The van der Waals surface area contributed by atoms with E-state index in [1.807, 2.05) is 12.1 Å². The van der Waals surface area contributed by atoms with E-state index < -0.39 is 0 Å².